The second-order valence-corrected chi connectivity index (χ2v) is 9.82. The number of carbonyl (C=O) groups excluding carboxylic acids is 3. The molecule has 0 spiro atoms. The van der Waals surface area contributed by atoms with Crippen molar-refractivity contribution in [1.82, 2.24) is 20.2 Å². The second-order valence-electron chi connectivity index (χ2n) is 9.82. The van der Waals surface area contributed by atoms with Crippen LogP contribution in [0.2, 0.25) is 0 Å². The molecule has 8 nitrogen and oxygen atoms in total. The number of fused-ring (bicyclic) bond motifs is 2. The molecule has 5 rings (SSSR count). The monoisotopic (exact) mass is 500 g/mol. The lowest BCUT2D eigenvalue weighted by molar-refractivity contribution is -0.127. The van der Waals surface area contributed by atoms with Crippen LogP contribution in [0.3, 0.4) is 0 Å². The van der Waals surface area contributed by atoms with Crippen LogP contribution in [-0.2, 0) is 11.8 Å². The summed E-state index contributed by atoms with van der Waals surface area (Å²) >= 11 is 0. The third-order valence-corrected chi connectivity index (χ3v) is 7.32. The van der Waals surface area contributed by atoms with Crippen LogP contribution < -0.4 is 10.6 Å². The lowest BCUT2D eigenvalue weighted by atomic mass is 9.83. The predicted molar refractivity (Wildman–Crippen MR) is 141 cm³/mol. The van der Waals surface area contributed by atoms with Crippen LogP contribution in [0.5, 0.6) is 0 Å². The van der Waals surface area contributed by atoms with Crippen LogP contribution in [0.4, 0.5) is 0 Å². The molecule has 1 fully saturated rings. The number of para-hydroxylation sites is 3. The van der Waals surface area contributed by atoms with E-state index in [0.29, 0.717) is 42.5 Å². The highest BCUT2D eigenvalue weighted by molar-refractivity contribution is 6.01. The van der Waals surface area contributed by atoms with E-state index in [1.165, 1.54) is 0 Å². The van der Waals surface area contributed by atoms with Crippen molar-refractivity contribution < 1.29 is 18.8 Å². The lowest BCUT2D eigenvalue weighted by Gasteiger charge is -2.32. The van der Waals surface area contributed by atoms with Crippen molar-refractivity contribution in [3.05, 3.63) is 66.2 Å². The number of carbonyl (C=O) groups is 3. The maximum absolute atomic E-state index is 13.5. The minimum absolute atomic E-state index is 0.00391. The maximum Gasteiger partial charge on any atom is 0.268 e. The summed E-state index contributed by atoms with van der Waals surface area (Å²) in [5.74, 6) is -1.16. The number of hydrogen-bond acceptors (Lipinski definition) is 5. The van der Waals surface area contributed by atoms with Crippen molar-refractivity contribution in [2.45, 2.75) is 57.5 Å². The average molecular weight is 501 g/mol. The van der Waals surface area contributed by atoms with Crippen LogP contribution in [0.15, 0.2) is 59.0 Å². The summed E-state index contributed by atoms with van der Waals surface area (Å²) < 4.78 is 7.55. The van der Waals surface area contributed by atoms with Crippen LogP contribution in [0.25, 0.3) is 22.0 Å². The van der Waals surface area contributed by atoms with Crippen LogP contribution >= 0.6 is 0 Å². The molecule has 37 heavy (non-hydrogen) atoms. The molecule has 8 heteroatoms. The smallest absolute Gasteiger partial charge is 0.268 e. The van der Waals surface area contributed by atoms with Crippen molar-refractivity contribution in [1.29, 1.82) is 0 Å². The zero-order valence-corrected chi connectivity index (χ0v) is 21.2. The molecule has 1 unspecified atom stereocenters. The van der Waals surface area contributed by atoms with E-state index in [0.717, 1.165) is 23.7 Å². The first kappa shape index (κ1) is 24.7. The number of benzene rings is 2. The number of nitrogens with zero attached hydrogens (tertiary/aromatic N) is 2. The van der Waals surface area contributed by atoms with E-state index in [4.69, 9.17) is 4.42 Å². The Balaban J connectivity index is 1.31. The van der Waals surface area contributed by atoms with Crippen molar-refractivity contribution in [3.63, 3.8) is 0 Å². The van der Waals surface area contributed by atoms with Gasteiger partial charge in [-0.05, 0) is 43.5 Å². The summed E-state index contributed by atoms with van der Waals surface area (Å²) in [4.78, 5) is 44.3. The van der Waals surface area contributed by atoms with Gasteiger partial charge in [-0.25, -0.2) is 4.98 Å². The average Bonchev–Trinajstić information content (AvgIpc) is 3.50. The molecule has 1 aliphatic carbocycles. The Hall–Kier alpha value is -3.94. The van der Waals surface area contributed by atoms with E-state index in [-0.39, 0.29) is 29.5 Å². The first-order valence-corrected chi connectivity index (χ1v) is 13.0. The number of oxazole rings is 1. The number of aromatic nitrogens is 2. The SMILES string of the molecule is CCCC(NC(=O)[C@@H]1CCCC[C@@H]1NC(=O)c1cc2ccccc2n1C)C(=O)c1nc2ccccc2o1. The summed E-state index contributed by atoms with van der Waals surface area (Å²) in [6.45, 7) is 1.96. The first-order valence-electron chi connectivity index (χ1n) is 13.0. The zero-order chi connectivity index (χ0) is 25.9. The molecule has 4 aromatic rings. The first-order chi connectivity index (χ1) is 18.0. The van der Waals surface area contributed by atoms with E-state index in [1.54, 1.807) is 12.1 Å². The molecule has 0 bridgehead atoms. The highest BCUT2D eigenvalue weighted by Crippen LogP contribution is 2.27. The van der Waals surface area contributed by atoms with Gasteiger partial charge in [0.15, 0.2) is 5.58 Å². The van der Waals surface area contributed by atoms with Crippen LogP contribution in [0.1, 0.15) is 66.6 Å². The molecule has 2 aromatic heterocycles. The Labute approximate surface area is 215 Å². The van der Waals surface area contributed by atoms with Gasteiger partial charge in [-0.15, -0.1) is 0 Å². The zero-order valence-electron chi connectivity index (χ0n) is 21.2. The van der Waals surface area contributed by atoms with Crippen molar-refractivity contribution >= 4 is 39.6 Å². The Morgan fingerprint density at radius 3 is 2.62 bits per heavy atom. The molecule has 192 valence electrons. The second kappa shape index (κ2) is 10.6. The summed E-state index contributed by atoms with van der Waals surface area (Å²) in [7, 11) is 1.87. The molecule has 0 radical (unpaired) electrons. The molecule has 2 N–H and O–H groups in total. The fraction of sp³-hybridized carbons (Fsp3) is 0.379. The number of amides is 2. The molecule has 1 aliphatic rings. The fourth-order valence-corrected chi connectivity index (χ4v) is 5.33. The van der Waals surface area contributed by atoms with Gasteiger partial charge in [0, 0.05) is 24.0 Å². The molecule has 0 saturated heterocycles. The van der Waals surface area contributed by atoms with Gasteiger partial charge < -0.3 is 19.6 Å². The van der Waals surface area contributed by atoms with Gasteiger partial charge in [-0.2, -0.15) is 0 Å². The van der Waals surface area contributed by atoms with Crippen molar-refractivity contribution in [3.8, 4) is 0 Å². The number of ketones is 1. The molecular formula is C29H32N4O4. The molecule has 2 amide bonds. The minimum atomic E-state index is -0.734. The quantitative estimate of drug-likeness (QED) is 0.339. The van der Waals surface area contributed by atoms with Crippen molar-refractivity contribution in [2.75, 3.05) is 0 Å². The topological polar surface area (TPSA) is 106 Å². The van der Waals surface area contributed by atoms with E-state index in [1.807, 2.05) is 61.0 Å². The molecular weight excluding hydrogens is 468 g/mol. The van der Waals surface area contributed by atoms with Gasteiger partial charge in [0.1, 0.15) is 11.2 Å². The van der Waals surface area contributed by atoms with Crippen molar-refractivity contribution in [2.24, 2.45) is 13.0 Å². The maximum atomic E-state index is 13.5. The third kappa shape index (κ3) is 5.01. The number of Topliss-reactive ketones (excluding diaryl/α,β-unsaturated/α-hetero) is 1. The largest absolute Gasteiger partial charge is 0.434 e. The standard InChI is InChI=1S/C29H32N4O4/c1-3-10-22(26(34)29-32-21-14-7-9-16-25(21)37-29)31-27(35)19-12-5-6-13-20(19)30-28(36)24-17-18-11-4-8-15-23(18)33(24)2/h4,7-9,11,14-17,19-20,22H,3,5-6,10,12-13H2,1-2H3,(H,30,36)(H,31,35)/t19-,20+,22?/m1/s1. The van der Waals surface area contributed by atoms with Gasteiger partial charge in [-0.3, -0.25) is 14.4 Å². The Bertz CT molecular complexity index is 1420. The minimum Gasteiger partial charge on any atom is -0.434 e. The molecule has 1 saturated carbocycles. The summed E-state index contributed by atoms with van der Waals surface area (Å²) in [5.41, 5.74) is 2.68. The Morgan fingerprint density at radius 1 is 1.08 bits per heavy atom. The van der Waals surface area contributed by atoms with Gasteiger partial charge >= 0.3 is 0 Å². The summed E-state index contributed by atoms with van der Waals surface area (Å²) in [5, 5.41) is 7.07. The Kier molecular flexibility index (Phi) is 7.08. The van der Waals surface area contributed by atoms with E-state index in [2.05, 4.69) is 15.6 Å². The number of aryl methyl sites for hydroxylation is 1. The third-order valence-electron chi connectivity index (χ3n) is 7.32. The summed E-state index contributed by atoms with van der Waals surface area (Å²) in [6.07, 6.45) is 4.39. The molecule has 2 heterocycles. The number of rotatable bonds is 8. The van der Waals surface area contributed by atoms with Crippen LogP contribution in [-0.4, -0.2) is 39.2 Å². The highest BCUT2D eigenvalue weighted by atomic mass is 16.4. The predicted octanol–water partition coefficient (Wildman–Crippen LogP) is 4.78. The van der Waals surface area contributed by atoms with E-state index < -0.39 is 12.0 Å². The van der Waals surface area contributed by atoms with E-state index in [9.17, 15) is 14.4 Å². The lowest BCUT2D eigenvalue weighted by Crippen LogP contribution is -2.51. The Morgan fingerprint density at radius 2 is 1.84 bits per heavy atom. The van der Waals surface area contributed by atoms with Crippen LogP contribution in [0, 0.1) is 5.92 Å². The highest BCUT2D eigenvalue weighted by Gasteiger charge is 2.35. The normalized spacial score (nSPS) is 18.5. The molecule has 2 aromatic carbocycles. The van der Waals surface area contributed by atoms with E-state index >= 15 is 0 Å². The fourth-order valence-electron chi connectivity index (χ4n) is 5.33. The number of hydrogen-bond donors (Lipinski definition) is 2. The van der Waals surface area contributed by atoms with Gasteiger partial charge in [0.2, 0.25) is 11.7 Å². The number of nitrogens with one attached hydrogen (secondary N) is 2. The van der Waals surface area contributed by atoms with Gasteiger partial charge in [0.05, 0.1) is 12.0 Å². The van der Waals surface area contributed by atoms with Gasteiger partial charge in [-0.1, -0.05) is 56.5 Å². The molecule has 3 atom stereocenters. The van der Waals surface area contributed by atoms with Gasteiger partial charge in [0.25, 0.3) is 11.8 Å². The molecule has 0 aliphatic heterocycles. The summed E-state index contributed by atoms with van der Waals surface area (Å²) in [6, 6.07) is 15.9.